The molecular formula is C7H13NO2. The fourth-order valence-corrected chi connectivity index (χ4v) is 0.538. The van der Waals surface area contributed by atoms with E-state index < -0.39 is 0 Å². The Kier molecular flexibility index (Phi) is 7.79. The van der Waals surface area contributed by atoms with Crippen LogP contribution in [0.2, 0.25) is 0 Å². The van der Waals surface area contributed by atoms with Gasteiger partial charge in [0.1, 0.15) is 0 Å². The average molecular weight is 143 g/mol. The van der Waals surface area contributed by atoms with E-state index in [2.05, 4.69) is 11.9 Å². The molecule has 0 N–H and O–H groups in total. The Morgan fingerprint density at radius 3 is 2.90 bits per heavy atom. The Hall–Kier alpha value is -0.660. The summed E-state index contributed by atoms with van der Waals surface area (Å²) in [7, 11) is 0. The van der Waals surface area contributed by atoms with Gasteiger partial charge in [-0.05, 0) is 12.8 Å². The summed E-state index contributed by atoms with van der Waals surface area (Å²) in [5.41, 5.74) is 0. The van der Waals surface area contributed by atoms with Crippen molar-refractivity contribution in [2.45, 2.75) is 19.8 Å². The minimum Gasteiger partial charge on any atom is -0.381 e. The number of isocyanates is 1. The molecule has 3 heteroatoms. The molecule has 0 radical (unpaired) electrons. The number of aliphatic imine (C=N–C) groups is 1. The summed E-state index contributed by atoms with van der Waals surface area (Å²) in [6.07, 6.45) is 3.33. The van der Waals surface area contributed by atoms with Gasteiger partial charge in [0.25, 0.3) is 0 Å². The Bertz CT molecular complexity index is 108. The summed E-state index contributed by atoms with van der Waals surface area (Å²) < 4.78 is 5.14. The lowest BCUT2D eigenvalue weighted by atomic mass is 10.4. The normalized spacial score (nSPS) is 8.90. The number of rotatable bonds is 6. The molecule has 0 spiro atoms. The average Bonchev–Trinajstić information content (AvgIpc) is 1.97. The maximum Gasteiger partial charge on any atom is 0.234 e. The molecule has 0 aliphatic rings. The van der Waals surface area contributed by atoms with Crippen molar-refractivity contribution in [2.75, 3.05) is 19.8 Å². The van der Waals surface area contributed by atoms with E-state index in [9.17, 15) is 4.79 Å². The third-order valence-corrected chi connectivity index (χ3v) is 0.972. The maximum absolute atomic E-state index is 9.56. The molecule has 0 bridgehead atoms. The largest absolute Gasteiger partial charge is 0.381 e. The second kappa shape index (κ2) is 8.34. The van der Waals surface area contributed by atoms with Gasteiger partial charge in [0.15, 0.2) is 0 Å². The first-order chi connectivity index (χ1) is 4.91. The minimum atomic E-state index is 0.535. The summed E-state index contributed by atoms with van der Waals surface area (Å²) in [6, 6.07) is 0. The van der Waals surface area contributed by atoms with Crippen LogP contribution in [0.3, 0.4) is 0 Å². The van der Waals surface area contributed by atoms with Gasteiger partial charge >= 0.3 is 0 Å². The third kappa shape index (κ3) is 7.34. The van der Waals surface area contributed by atoms with Crippen LogP contribution in [0.1, 0.15) is 19.8 Å². The molecular weight excluding hydrogens is 130 g/mol. The van der Waals surface area contributed by atoms with Gasteiger partial charge in [-0.25, -0.2) is 9.79 Å². The van der Waals surface area contributed by atoms with Crippen molar-refractivity contribution >= 4 is 6.08 Å². The molecule has 0 rings (SSSR count). The number of hydrogen-bond acceptors (Lipinski definition) is 3. The monoisotopic (exact) mass is 143 g/mol. The van der Waals surface area contributed by atoms with E-state index in [-0.39, 0.29) is 0 Å². The smallest absolute Gasteiger partial charge is 0.234 e. The molecule has 0 aromatic rings. The highest BCUT2D eigenvalue weighted by Crippen LogP contribution is 1.84. The highest BCUT2D eigenvalue weighted by Gasteiger charge is 1.84. The Morgan fingerprint density at radius 2 is 2.30 bits per heavy atom. The van der Waals surface area contributed by atoms with Crippen LogP contribution >= 0.6 is 0 Å². The fraction of sp³-hybridized carbons (Fsp3) is 0.857. The molecule has 0 unspecified atom stereocenters. The summed E-state index contributed by atoms with van der Waals surface area (Å²) in [5, 5.41) is 0. The third-order valence-electron chi connectivity index (χ3n) is 0.972. The van der Waals surface area contributed by atoms with Gasteiger partial charge in [0.2, 0.25) is 6.08 Å². The van der Waals surface area contributed by atoms with Gasteiger partial charge in [0, 0.05) is 13.2 Å². The van der Waals surface area contributed by atoms with Gasteiger partial charge in [-0.15, -0.1) is 0 Å². The van der Waals surface area contributed by atoms with Crippen molar-refractivity contribution in [3.8, 4) is 0 Å². The molecule has 0 atom stereocenters. The van der Waals surface area contributed by atoms with E-state index in [0.29, 0.717) is 13.2 Å². The van der Waals surface area contributed by atoms with E-state index in [1.165, 1.54) is 6.08 Å². The topological polar surface area (TPSA) is 38.7 Å². The highest BCUT2D eigenvalue weighted by molar-refractivity contribution is 5.32. The zero-order valence-electron chi connectivity index (χ0n) is 6.30. The van der Waals surface area contributed by atoms with Crippen LogP contribution in [0, 0.1) is 0 Å². The molecule has 58 valence electrons. The molecule has 0 aliphatic carbocycles. The van der Waals surface area contributed by atoms with Crippen LogP contribution in [0.4, 0.5) is 0 Å². The first-order valence-corrected chi connectivity index (χ1v) is 3.53. The van der Waals surface area contributed by atoms with Crippen LogP contribution in [0.5, 0.6) is 0 Å². The lowest BCUT2D eigenvalue weighted by Gasteiger charge is -1.97. The molecule has 0 heterocycles. The molecule has 0 aromatic heterocycles. The van der Waals surface area contributed by atoms with Crippen LogP contribution < -0.4 is 0 Å². The van der Waals surface area contributed by atoms with Crippen molar-refractivity contribution in [3.05, 3.63) is 0 Å². The van der Waals surface area contributed by atoms with Gasteiger partial charge in [-0.2, -0.15) is 0 Å². The number of ether oxygens (including phenoxy) is 1. The standard InChI is InChI=1S/C7H13NO2/c1-2-5-10-6-3-4-8-7-9/h2-6H2,1H3. The first kappa shape index (κ1) is 9.34. The number of hydrogen-bond donors (Lipinski definition) is 0. The van der Waals surface area contributed by atoms with Crippen molar-refractivity contribution in [3.63, 3.8) is 0 Å². The molecule has 0 fully saturated rings. The van der Waals surface area contributed by atoms with Gasteiger partial charge in [-0.1, -0.05) is 6.92 Å². The predicted molar refractivity (Wildman–Crippen MR) is 38.7 cm³/mol. The van der Waals surface area contributed by atoms with Crippen LogP contribution in [-0.4, -0.2) is 25.8 Å². The second-order valence-corrected chi connectivity index (χ2v) is 1.94. The van der Waals surface area contributed by atoms with Crippen molar-refractivity contribution in [1.29, 1.82) is 0 Å². The maximum atomic E-state index is 9.56. The number of carbonyl (C=O) groups excluding carboxylic acids is 1. The van der Waals surface area contributed by atoms with Crippen LogP contribution in [0.15, 0.2) is 4.99 Å². The van der Waals surface area contributed by atoms with E-state index in [1.807, 2.05) is 0 Å². The molecule has 3 nitrogen and oxygen atoms in total. The predicted octanol–water partition coefficient (Wildman–Crippen LogP) is 1.14. The Morgan fingerprint density at radius 1 is 1.50 bits per heavy atom. The second-order valence-electron chi connectivity index (χ2n) is 1.94. The van der Waals surface area contributed by atoms with E-state index >= 15 is 0 Å². The van der Waals surface area contributed by atoms with Gasteiger partial charge < -0.3 is 4.74 Å². The lowest BCUT2D eigenvalue weighted by Crippen LogP contribution is -1.96. The summed E-state index contributed by atoms with van der Waals surface area (Å²) in [5.74, 6) is 0. The zero-order chi connectivity index (χ0) is 7.66. The molecule has 10 heavy (non-hydrogen) atoms. The zero-order valence-corrected chi connectivity index (χ0v) is 6.30. The summed E-state index contributed by atoms with van der Waals surface area (Å²) in [6.45, 7) is 4.08. The number of nitrogens with zero attached hydrogens (tertiary/aromatic N) is 1. The first-order valence-electron chi connectivity index (χ1n) is 3.53. The highest BCUT2D eigenvalue weighted by atomic mass is 16.5. The van der Waals surface area contributed by atoms with E-state index in [4.69, 9.17) is 4.74 Å². The summed E-state index contributed by atoms with van der Waals surface area (Å²) >= 11 is 0. The van der Waals surface area contributed by atoms with Crippen molar-refractivity contribution in [2.24, 2.45) is 4.99 Å². The molecule has 0 amide bonds. The Balaban J connectivity index is 2.83. The molecule has 0 saturated heterocycles. The Labute approximate surface area is 61.1 Å². The van der Waals surface area contributed by atoms with Gasteiger partial charge in [0.05, 0.1) is 6.54 Å². The SMILES string of the molecule is CCCOCCCN=C=O. The van der Waals surface area contributed by atoms with Crippen molar-refractivity contribution < 1.29 is 9.53 Å². The lowest BCUT2D eigenvalue weighted by molar-refractivity contribution is 0.134. The fourth-order valence-electron chi connectivity index (χ4n) is 0.538. The summed E-state index contributed by atoms with van der Waals surface area (Å²) in [4.78, 5) is 12.9. The van der Waals surface area contributed by atoms with Crippen LogP contribution in [-0.2, 0) is 9.53 Å². The molecule has 0 aromatic carbocycles. The van der Waals surface area contributed by atoms with Crippen molar-refractivity contribution in [1.82, 2.24) is 0 Å². The van der Waals surface area contributed by atoms with Gasteiger partial charge in [-0.3, -0.25) is 0 Å². The molecule has 0 saturated carbocycles. The quantitative estimate of drug-likeness (QED) is 0.317. The molecule has 0 aliphatic heterocycles. The van der Waals surface area contributed by atoms with E-state index in [1.54, 1.807) is 0 Å². The minimum absolute atomic E-state index is 0.535. The van der Waals surface area contributed by atoms with E-state index in [0.717, 1.165) is 19.4 Å². The van der Waals surface area contributed by atoms with Crippen LogP contribution in [0.25, 0.3) is 0 Å².